The molecule has 0 unspecified atom stereocenters. The first-order chi connectivity index (χ1) is 21.0. The highest BCUT2D eigenvalue weighted by Gasteiger charge is 2.18. The fraction of sp³-hybridized carbons (Fsp3) is 0.194. The number of hydrogen-bond donors (Lipinski definition) is 2. The number of carbonyl (C=O) groups is 2. The van der Waals surface area contributed by atoms with E-state index in [0.29, 0.717) is 33.2 Å². The number of fused-ring (bicyclic) bond motifs is 1. The molecule has 4 heterocycles. The van der Waals surface area contributed by atoms with Crippen molar-refractivity contribution in [3.8, 4) is 23.0 Å². The second kappa shape index (κ2) is 12.7. The second-order valence-corrected chi connectivity index (χ2v) is 10.8. The Morgan fingerprint density at radius 3 is 2.56 bits per heavy atom. The van der Waals surface area contributed by atoms with Crippen LogP contribution in [0.3, 0.4) is 0 Å². The van der Waals surface area contributed by atoms with E-state index in [-0.39, 0.29) is 24.0 Å². The minimum atomic E-state index is -0.957. The monoisotopic (exact) mass is 597 g/mol. The molecule has 1 fully saturated rings. The number of benzene rings is 2. The zero-order valence-electron chi connectivity index (χ0n) is 22.9. The average molecular weight is 598 g/mol. The fourth-order valence-corrected chi connectivity index (χ4v) is 5.45. The van der Waals surface area contributed by atoms with Crippen LogP contribution >= 0.6 is 11.3 Å². The summed E-state index contributed by atoms with van der Waals surface area (Å²) in [6.07, 6.45) is 7.33. The number of carbonyl (C=O) groups excluding carboxylic acids is 2. The molecule has 218 valence electrons. The number of phenolic OH excluding ortho intramolecular Hbond substituents is 1. The molecule has 2 aromatic carbocycles. The third-order valence-electron chi connectivity index (χ3n) is 6.74. The van der Waals surface area contributed by atoms with Crippen molar-refractivity contribution < 1.29 is 28.9 Å². The van der Waals surface area contributed by atoms with Crippen LogP contribution in [-0.4, -0.2) is 45.2 Å². The van der Waals surface area contributed by atoms with Crippen molar-refractivity contribution in [3.63, 3.8) is 0 Å². The first kappa shape index (κ1) is 27.9. The van der Waals surface area contributed by atoms with Crippen LogP contribution in [0.2, 0.25) is 0 Å². The number of anilines is 2. The standard InChI is InChI=1S/C31H27N5O6S/c37-24-15-22-23(16-26(24)42-31(39)40-19-20-7-3-1-4-8-20)32-12-11-25(22)41-21-9-10-27(33-17-21)35-29(38)30-34-18-28(43-30)36-13-5-2-6-14-36/h1,3-4,7-12,15-18,37H,2,5-6,13-14,19H2,(H,33,35,38). The molecule has 0 radical (unpaired) electrons. The van der Waals surface area contributed by atoms with Crippen molar-refractivity contribution in [2.45, 2.75) is 25.9 Å². The zero-order valence-corrected chi connectivity index (χ0v) is 23.8. The van der Waals surface area contributed by atoms with Gasteiger partial charge in [-0.05, 0) is 49.1 Å². The zero-order chi connectivity index (χ0) is 29.6. The highest BCUT2D eigenvalue weighted by molar-refractivity contribution is 7.17. The Morgan fingerprint density at radius 1 is 0.930 bits per heavy atom. The van der Waals surface area contributed by atoms with Crippen LogP contribution in [-0.2, 0) is 11.3 Å². The van der Waals surface area contributed by atoms with Gasteiger partial charge in [0, 0.05) is 30.7 Å². The highest BCUT2D eigenvalue weighted by Crippen LogP contribution is 2.36. The molecule has 0 saturated carbocycles. The minimum absolute atomic E-state index is 0.0331. The van der Waals surface area contributed by atoms with E-state index in [2.05, 4.69) is 25.2 Å². The maximum Gasteiger partial charge on any atom is 0.514 e. The number of nitrogens with one attached hydrogen (secondary N) is 1. The lowest BCUT2D eigenvalue weighted by atomic mass is 10.1. The van der Waals surface area contributed by atoms with Gasteiger partial charge in [-0.25, -0.2) is 14.8 Å². The van der Waals surface area contributed by atoms with Gasteiger partial charge in [0.2, 0.25) is 0 Å². The molecular formula is C31H27N5O6S. The number of aromatic nitrogens is 3. The van der Waals surface area contributed by atoms with E-state index >= 15 is 0 Å². The smallest absolute Gasteiger partial charge is 0.504 e. The van der Waals surface area contributed by atoms with Crippen LogP contribution in [0.1, 0.15) is 34.6 Å². The van der Waals surface area contributed by atoms with E-state index in [1.165, 1.54) is 42.3 Å². The molecule has 6 rings (SSSR count). The van der Waals surface area contributed by atoms with Gasteiger partial charge >= 0.3 is 6.16 Å². The number of amides is 1. The Hall–Kier alpha value is -5.23. The molecule has 43 heavy (non-hydrogen) atoms. The van der Waals surface area contributed by atoms with E-state index in [0.717, 1.165) is 36.5 Å². The van der Waals surface area contributed by atoms with Crippen LogP contribution < -0.4 is 19.7 Å². The number of thiazole rings is 1. The Labute approximate surface area is 250 Å². The number of phenols is 1. The lowest BCUT2D eigenvalue weighted by Gasteiger charge is -2.26. The first-order valence-corrected chi connectivity index (χ1v) is 14.5. The molecular weight excluding hydrogens is 570 g/mol. The van der Waals surface area contributed by atoms with Crippen LogP contribution in [0.4, 0.5) is 15.6 Å². The van der Waals surface area contributed by atoms with Gasteiger partial charge in [-0.3, -0.25) is 9.78 Å². The molecule has 1 amide bonds. The number of nitrogens with zero attached hydrogens (tertiary/aromatic N) is 4. The largest absolute Gasteiger partial charge is 0.514 e. The molecule has 1 saturated heterocycles. The number of piperidine rings is 1. The molecule has 5 aromatic rings. The van der Waals surface area contributed by atoms with Crippen molar-refractivity contribution in [1.82, 2.24) is 15.0 Å². The predicted octanol–water partition coefficient (Wildman–Crippen LogP) is 6.54. The first-order valence-electron chi connectivity index (χ1n) is 13.7. The van der Waals surface area contributed by atoms with Gasteiger partial charge in [0.15, 0.2) is 16.5 Å². The van der Waals surface area contributed by atoms with E-state index in [1.807, 2.05) is 30.3 Å². The summed E-state index contributed by atoms with van der Waals surface area (Å²) in [4.78, 5) is 40.1. The fourth-order valence-electron chi connectivity index (χ4n) is 4.59. The number of rotatable bonds is 8. The summed E-state index contributed by atoms with van der Waals surface area (Å²) in [6, 6.07) is 16.9. The quantitative estimate of drug-likeness (QED) is 0.150. The number of ether oxygens (including phenoxy) is 3. The van der Waals surface area contributed by atoms with Crippen molar-refractivity contribution in [1.29, 1.82) is 0 Å². The molecule has 1 aliphatic heterocycles. The van der Waals surface area contributed by atoms with Crippen LogP contribution in [0.15, 0.2) is 79.3 Å². The summed E-state index contributed by atoms with van der Waals surface area (Å²) in [5.74, 6) is 0.433. The van der Waals surface area contributed by atoms with Crippen molar-refractivity contribution >= 4 is 45.1 Å². The highest BCUT2D eigenvalue weighted by atomic mass is 32.1. The maximum atomic E-state index is 12.7. The summed E-state index contributed by atoms with van der Waals surface area (Å²) in [7, 11) is 0. The van der Waals surface area contributed by atoms with Crippen LogP contribution in [0, 0.1) is 0 Å². The van der Waals surface area contributed by atoms with E-state index < -0.39 is 6.16 Å². The third kappa shape index (κ3) is 6.81. The molecule has 0 spiro atoms. The number of pyridine rings is 2. The van der Waals surface area contributed by atoms with E-state index in [9.17, 15) is 14.7 Å². The third-order valence-corrected chi connectivity index (χ3v) is 7.79. The molecule has 2 N–H and O–H groups in total. The molecule has 0 aliphatic carbocycles. The van der Waals surface area contributed by atoms with Crippen LogP contribution in [0.25, 0.3) is 10.9 Å². The van der Waals surface area contributed by atoms with E-state index in [4.69, 9.17) is 14.2 Å². The predicted molar refractivity (Wildman–Crippen MR) is 161 cm³/mol. The van der Waals surface area contributed by atoms with Crippen molar-refractivity contribution in [2.24, 2.45) is 0 Å². The lowest BCUT2D eigenvalue weighted by molar-refractivity contribution is 0.0917. The number of aromatic hydroxyl groups is 1. The Balaban J connectivity index is 1.09. The van der Waals surface area contributed by atoms with Gasteiger partial charge in [0.05, 0.1) is 17.9 Å². The van der Waals surface area contributed by atoms with Crippen LogP contribution in [0.5, 0.6) is 23.0 Å². The Morgan fingerprint density at radius 2 is 1.77 bits per heavy atom. The number of hydrogen-bond acceptors (Lipinski definition) is 11. The summed E-state index contributed by atoms with van der Waals surface area (Å²) in [6.45, 7) is 2.00. The molecule has 0 bridgehead atoms. The van der Waals surface area contributed by atoms with Gasteiger partial charge < -0.3 is 29.5 Å². The minimum Gasteiger partial charge on any atom is -0.504 e. The normalized spacial score (nSPS) is 13.0. The molecule has 0 atom stereocenters. The van der Waals surface area contributed by atoms with Gasteiger partial charge in [-0.1, -0.05) is 41.7 Å². The summed E-state index contributed by atoms with van der Waals surface area (Å²) >= 11 is 1.37. The topological polar surface area (TPSA) is 136 Å². The van der Waals surface area contributed by atoms with Gasteiger partial charge in [-0.15, -0.1) is 0 Å². The molecule has 11 nitrogen and oxygen atoms in total. The Kier molecular flexibility index (Phi) is 8.27. The van der Waals surface area contributed by atoms with Gasteiger partial charge in [-0.2, -0.15) is 0 Å². The van der Waals surface area contributed by atoms with Gasteiger partial charge in [0.1, 0.15) is 28.9 Å². The lowest BCUT2D eigenvalue weighted by Crippen LogP contribution is -2.28. The van der Waals surface area contributed by atoms with Crippen molar-refractivity contribution in [3.05, 3.63) is 89.8 Å². The Bertz CT molecular complexity index is 1740. The van der Waals surface area contributed by atoms with Gasteiger partial charge in [0.25, 0.3) is 5.91 Å². The summed E-state index contributed by atoms with van der Waals surface area (Å²) in [5.41, 5.74) is 1.22. The van der Waals surface area contributed by atoms with E-state index in [1.54, 1.807) is 24.4 Å². The maximum absolute atomic E-state index is 12.7. The molecule has 1 aliphatic rings. The molecule has 3 aromatic heterocycles. The van der Waals surface area contributed by atoms with Crippen molar-refractivity contribution in [2.75, 3.05) is 23.3 Å². The summed E-state index contributed by atoms with van der Waals surface area (Å²) in [5, 5.41) is 15.2. The SMILES string of the molecule is O=C(OCc1ccccc1)Oc1cc2nccc(Oc3ccc(NC(=O)c4ncc(N5CCCCC5)s4)nc3)c2cc1O. The molecule has 12 heteroatoms. The second-order valence-electron chi connectivity index (χ2n) is 9.76. The average Bonchev–Trinajstić information content (AvgIpc) is 3.54. The summed E-state index contributed by atoms with van der Waals surface area (Å²) < 4.78 is 16.3.